The number of carboxylic acid groups (broad SMARTS) is 1. The molecule has 0 heterocycles. The summed E-state index contributed by atoms with van der Waals surface area (Å²) in [4.78, 5) is 23.8. The summed E-state index contributed by atoms with van der Waals surface area (Å²) in [5.74, 6) is -1.18. The number of aliphatic hydroxyl groups is 2. The Morgan fingerprint density at radius 3 is 2.35 bits per heavy atom. The Labute approximate surface area is 100 Å². The molecule has 0 spiro atoms. The van der Waals surface area contributed by atoms with Gasteiger partial charge in [-0.3, -0.25) is 0 Å². The molecule has 7 heteroatoms. The zero-order chi connectivity index (χ0) is 13.3. The van der Waals surface area contributed by atoms with Crippen LogP contribution in [0, 0.1) is 0 Å². The molecule has 0 aromatic heterocycles. The molecular formula is C10H20N2O5. The van der Waals surface area contributed by atoms with Gasteiger partial charge in [0, 0.05) is 32.7 Å². The van der Waals surface area contributed by atoms with Gasteiger partial charge in [-0.05, 0) is 13.3 Å². The maximum Gasteiger partial charge on any atom is 0.326 e. The van der Waals surface area contributed by atoms with Crippen LogP contribution in [-0.4, -0.2) is 64.6 Å². The number of urea groups is 1. The van der Waals surface area contributed by atoms with Crippen molar-refractivity contribution in [1.29, 1.82) is 0 Å². The molecule has 0 fully saturated rings. The van der Waals surface area contributed by atoms with E-state index in [9.17, 15) is 9.59 Å². The number of aliphatic carboxylic acids is 1. The van der Waals surface area contributed by atoms with E-state index in [4.69, 9.17) is 15.3 Å². The van der Waals surface area contributed by atoms with Crippen LogP contribution in [0.3, 0.4) is 0 Å². The first kappa shape index (κ1) is 15.7. The van der Waals surface area contributed by atoms with E-state index in [1.54, 1.807) is 6.92 Å². The molecule has 17 heavy (non-hydrogen) atoms. The SMILES string of the molecule is CCN(CCCO)C(=O)N[C@H](CCO)C(=O)O. The fraction of sp³-hybridized carbons (Fsp3) is 0.800. The second-order valence-corrected chi connectivity index (χ2v) is 3.51. The molecule has 0 saturated carbocycles. The van der Waals surface area contributed by atoms with Gasteiger partial charge in [-0.25, -0.2) is 9.59 Å². The van der Waals surface area contributed by atoms with Crippen LogP contribution in [-0.2, 0) is 4.79 Å². The maximum atomic E-state index is 11.7. The highest BCUT2D eigenvalue weighted by molar-refractivity contribution is 5.82. The molecule has 0 aliphatic heterocycles. The first-order valence-electron chi connectivity index (χ1n) is 5.56. The molecule has 100 valence electrons. The maximum absolute atomic E-state index is 11.7. The van der Waals surface area contributed by atoms with Gasteiger partial charge >= 0.3 is 12.0 Å². The van der Waals surface area contributed by atoms with E-state index in [2.05, 4.69) is 5.32 Å². The number of nitrogens with zero attached hydrogens (tertiary/aromatic N) is 1. The fourth-order valence-corrected chi connectivity index (χ4v) is 1.29. The van der Waals surface area contributed by atoms with E-state index in [0.29, 0.717) is 19.5 Å². The van der Waals surface area contributed by atoms with Crippen molar-refractivity contribution in [3.8, 4) is 0 Å². The molecule has 4 N–H and O–H groups in total. The van der Waals surface area contributed by atoms with Crippen molar-refractivity contribution in [2.45, 2.75) is 25.8 Å². The molecular weight excluding hydrogens is 228 g/mol. The number of hydrogen-bond acceptors (Lipinski definition) is 4. The van der Waals surface area contributed by atoms with E-state index in [1.165, 1.54) is 4.90 Å². The Morgan fingerprint density at radius 1 is 1.29 bits per heavy atom. The summed E-state index contributed by atoms with van der Waals surface area (Å²) in [5.41, 5.74) is 0. The summed E-state index contributed by atoms with van der Waals surface area (Å²) >= 11 is 0. The second kappa shape index (κ2) is 8.77. The van der Waals surface area contributed by atoms with E-state index in [0.717, 1.165) is 0 Å². The van der Waals surface area contributed by atoms with Crippen molar-refractivity contribution in [3.63, 3.8) is 0 Å². The lowest BCUT2D eigenvalue weighted by Gasteiger charge is -2.23. The fourth-order valence-electron chi connectivity index (χ4n) is 1.29. The minimum absolute atomic E-state index is 0.0250. The molecule has 1 atom stereocenters. The number of nitrogens with one attached hydrogen (secondary N) is 1. The molecule has 0 aliphatic carbocycles. The van der Waals surface area contributed by atoms with Crippen LogP contribution in [0.1, 0.15) is 19.8 Å². The summed E-state index contributed by atoms with van der Waals surface area (Å²) in [6.45, 7) is 2.23. The van der Waals surface area contributed by atoms with Crippen molar-refractivity contribution in [2.75, 3.05) is 26.3 Å². The van der Waals surface area contributed by atoms with Crippen molar-refractivity contribution in [3.05, 3.63) is 0 Å². The number of amides is 2. The summed E-state index contributed by atoms with van der Waals surface area (Å²) in [6.07, 6.45) is 0.414. The van der Waals surface area contributed by atoms with Crippen LogP contribution in [0.2, 0.25) is 0 Å². The Morgan fingerprint density at radius 2 is 1.94 bits per heavy atom. The van der Waals surface area contributed by atoms with E-state index in [1.807, 2.05) is 0 Å². The van der Waals surface area contributed by atoms with E-state index < -0.39 is 18.0 Å². The third kappa shape index (κ3) is 6.08. The molecule has 0 unspecified atom stereocenters. The third-order valence-corrected chi connectivity index (χ3v) is 2.27. The van der Waals surface area contributed by atoms with Gasteiger partial charge in [-0.15, -0.1) is 0 Å². The first-order valence-corrected chi connectivity index (χ1v) is 5.56. The first-order chi connectivity index (χ1) is 8.06. The standard InChI is InChI=1S/C10H20N2O5/c1-2-12(5-3-6-13)10(17)11-8(4-7-14)9(15)16/h8,13-14H,2-7H2,1H3,(H,11,17)(H,15,16)/t8-/m1/s1. The van der Waals surface area contributed by atoms with Gasteiger partial charge in [0.05, 0.1) is 0 Å². The number of carbonyl (C=O) groups excluding carboxylic acids is 1. The van der Waals surface area contributed by atoms with Crippen molar-refractivity contribution < 1.29 is 24.9 Å². The molecule has 7 nitrogen and oxygen atoms in total. The number of hydrogen-bond donors (Lipinski definition) is 4. The smallest absolute Gasteiger partial charge is 0.326 e. The highest BCUT2D eigenvalue weighted by Crippen LogP contribution is 1.97. The van der Waals surface area contributed by atoms with Crippen LogP contribution >= 0.6 is 0 Å². The van der Waals surface area contributed by atoms with Gasteiger partial charge in [-0.2, -0.15) is 0 Å². The second-order valence-electron chi connectivity index (χ2n) is 3.51. The van der Waals surface area contributed by atoms with Gasteiger partial charge in [-0.1, -0.05) is 0 Å². The third-order valence-electron chi connectivity index (χ3n) is 2.27. The lowest BCUT2D eigenvalue weighted by atomic mass is 10.2. The lowest BCUT2D eigenvalue weighted by Crippen LogP contribution is -2.48. The average Bonchev–Trinajstić information content (AvgIpc) is 2.29. The lowest BCUT2D eigenvalue weighted by molar-refractivity contribution is -0.139. The molecule has 2 amide bonds. The topological polar surface area (TPSA) is 110 Å². The normalized spacial score (nSPS) is 11.9. The quantitative estimate of drug-likeness (QED) is 0.451. The van der Waals surface area contributed by atoms with Crippen molar-refractivity contribution in [1.82, 2.24) is 10.2 Å². The molecule has 0 aromatic carbocycles. The zero-order valence-electron chi connectivity index (χ0n) is 9.93. The number of aliphatic hydroxyl groups excluding tert-OH is 2. The summed E-state index contributed by atoms with van der Waals surface area (Å²) in [7, 11) is 0. The number of rotatable bonds is 8. The predicted octanol–water partition coefficient (Wildman–Crippen LogP) is -0.764. The average molecular weight is 248 g/mol. The van der Waals surface area contributed by atoms with Crippen LogP contribution in [0.15, 0.2) is 0 Å². The molecule has 0 aromatic rings. The molecule has 0 aliphatic rings. The van der Waals surface area contributed by atoms with E-state index >= 15 is 0 Å². The van der Waals surface area contributed by atoms with Gasteiger partial charge in [0.2, 0.25) is 0 Å². The van der Waals surface area contributed by atoms with Crippen LogP contribution < -0.4 is 5.32 Å². The Balaban J connectivity index is 4.30. The van der Waals surface area contributed by atoms with Gasteiger partial charge in [0.25, 0.3) is 0 Å². The van der Waals surface area contributed by atoms with Gasteiger partial charge < -0.3 is 25.5 Å². The highest BCUT2D eigenvalue weighted by atomic mass is 16.4. The Kier molecular flexibility index (Phi) is 8.08. The highest BCUT2D eigenvalue weighted by Gasteiger charge is 2.21. The summed E-state index contributed by atoms with van der Waals surface area (Å²) in [5, 5.41) is 28.5. The Hall–Kier alpha value is -1.34. The molecule has 0 bridgehead atoms. The minimum Gasteiger partial charge on any atom is -0.480 e. The largest absolute Gasteiger partial charge is 0.480 e. The number of carbonyl (C=O) groups is 2. The summed E-state index contributed by atoms with van der Waals surface area (Å²) in [6, 6.07) is -1.59. The minimum atomic E-state index is -1.18. The predicted molar refractivity (Wildman–Crippen MR) is 60.6 cm³/mol. The van der Waals surface area contributed by atoms with Crippen LogP contribution in [0.4, 0.5) is 4.79 Å². The monoisotopic (exact) mass is 248 g/mol. The van der Waals surface area contributed by atoms with Gasteiger partial charge in [0.1, 0.15) is 6.04 Å². The van der Waals surface area contributed by atoms with E-state index in [-0.39, 0.29) is 19.6 Å². The van der Waals surface area contributed by atoms with Crippen molar-refractivity contribution >= 4 is 12.0 Å². The molecule has 0 saturated heterocycles. The van der Waals surface area contributed by atoms with Crippen LogP contribution in [0.5, 0.6) is 0 Å². The van der Waals surface area contributed by atoms with Crippen LogP contribution in [0.25, 0.3) is 0 Å². The number of carboxylic acids is 1. The van der Waals surface area contributed by atoms with Crippen molar-refractivity contribution in [2.24, 2.45) is 0 Å². The van der Waals surface area contributed by atoms with Gasteiger partial charge in [0.15, 0.2) is 0 Å². The zero-order valence-corrected chi connectivity index (χ0v) is 9.93. The molecule has 0 rings (SSSR count). The molecule has 0 radical (unpaired) electrons. The summed E-state index contributed by atoms with van der Waals surface area (Å²) < 4.78 is 0. The Bertz CT molecular complexity index is 247.